The van der Waals surface area contributed by atoms with E-state index in [2.05, 4.69) is 15.1 Å². The van der Waals surface area contributed by atoms with Crippen molar-refractivity contribution >= 4 is 17.3 Å². The Hall–Kier alpha value is -2.02. The minimum Gasteiger partial charge on any atom is -0.258 e. The predicted molar refractivity (Wildman–Crippen MR) is 69.6 cm³/mol. The summed E-state index contributed by atoms with van der Waals surface area (Å²) in [6, 6.07) is 1.66. The molecule has 0 radical (unpaired) electrons. The molecule has 0 aliphatic heterocycles. The summed E-state index contributed by atoms with van der Waals surface area (Å²) in [5.41, 5.74) is 0.893. The normalized spacial score (nSPS) is 11.0. The fourth-order valence-electron chi connectivity index (χ4n) is 1.67. The average molecular weight is 282 g/mol. The molecule has 0 N–H and O–H groups in total. The van der Waals surface area contributed by atoms with E-state index < -0.39 is 4.92 Å². The molecule has 8 heteroatoms. The van der Waals surface area contributed by atoms with Gasteiger partial charge < -0.3 is 0 Å². The number of aromatic nitrogens is 4. The van der Waals surface area contributed by atoms with E-state index in [1.165, 1.54) is 11.0 Å². The van der Waals surface area contributed by atoms with Crippen LogP contribution in [0.15, 0.2) is 12.4 Å². The van der Waals surface area contributed by atoms with Gasteiger partial charge in [0, 0.05) is 17.7 Å². The standard InChI is InChI=1S/C11H12ClN5O2/c1-6(2)9-10(17(18)19)11(12)16(15-9)8-4-7(3)13-5-14-8/h4-6H,1-3H3. The molecule has 0 amide bonds. The quantitative estimate of drug-likeness (QED) is 0.637. The second kappa shape index (κ2) is 4.93. The van der Waals surface area contributed by atoms with Gasteiger partial charge in [0.05, 0.1) is 4.92 Å². The van der Waals surface area contributed by atoms with Crippen molar-refractivity contribution in [3.05, 3.63) is 39.0 Å². The molecule has 2 aromatic heterocycles. The summed E-state index contributed by atoms with van der Waals surface area (Å²) in [7, 11) is 0. The monoisotopic (exact) mass is 281 g/mol. The second-order valence-electron chi connectivity index (χ2n) is 4.37. The highest BCUT2D eigenvalue weighted by Crippen LogP contribution is 2.34. The van der Waals surface area contributed by atoms with Crippen molar-refractivity contribution in [1.29, 1.82) is 0 Å². The molecule has 0 saturated heterocycles. The van der Waals surface area contributed by atoms with Crippen LogP contribution in [0.4, 0.5) is 5.69 Å². The maximum Gasteiger partial charge on any atom is 0.329 e. The van der Waals surface area contributed by atoms with E-state index in [0.717, 1.165) is 5.69 Å². The highest BCUT2D eigenvalue weighted by atomic mass is 35.5. The molecule has 0 atom stereocenters. The Morgan fingerprint density at radius 1 is 1.42 bits per heavy atom. The third kappa shape index (κ3) is 2.41. The molecule has 2 aromatic rings. The summed E-state index contributed by atoms with van der Waals surface area (Å²) in [6.45, 7) is 5.43. The third-order valence-corrected chi connectivity index (χ3v) is 2.91. The van der Waals surface area contributed by atoms with Crippen molar-refractivity contribution in [2.75, 3.05) is 0 Å². The van der Waals surface area contributed by atoms with Crippen LogP contribution in [0.1, 0.15) is 31.2 Å². The Bertz CT molecular complexity index is 638. The highest BCUT2D eigenvalue weighted by Gasteiger charge is 2.29. The van der Waals surface area contributed by atoms with Crippen LogP contribution in [0, 0.1) is 17.0 Å². The van der Waals surface area contributed by atoms with E-state index in [9.17, 15) is 10.1 Å². The first kappa shape index (κ1) is 13.4. The summed E-state index contributed by atoms with van der Waals surface area (Å²) in [4.78, 5) is 18.6. The van der Waals surface area contributed by atoms with E-state index in [1.54, 1.807) is 13.0 Å². The number of nitro groups is 1. The van der Waals surface area contributed by atoms with Crippen molar-refractivity contribution in [2.45, 2.75) is 26.7 Å². The SMILES string of the molecule is Cc1cc(-n2nc(C(C)C)c([N+](=O)[O-])c2Cl)ncn1. The summed E-state index contributed by atoms with van der Waals surface area (Å²) in [5, 5.41) is 15.2. The Morgan fingerprint density at radius 2 is 2.11 bits per heavy atom. The lowest BCUT2D eigenvalue weighted by molar-refractivity contribution is -0.385. The van der Waals surface area contributed by atoms with E-state index >= 15 is 0 Å². The van der Waals surface area contributed by atoms with E-state index in [4.69, 9.17) is 11.6 Å². The fourth-order valence-corrected chi connectivity index (χ4v) is 1.96. The predicted octanol–water partition coefficient (Wildman–Crippen LogP) is 2.66. The molecule has 0 aliphatic rings. The molecule has 0 aliphatic carbocycles. The highest BCUT2D eigenvalue weighted by molar-refractivity contribution is 6.32. The van der Waals surface area contributed by atoms with Crippen molar-refractivity contribution in [3.8, 4) is 5.82 Å². The van der Waals surface area contributed by atoms with E-state index in [1.807, 2.05) is 13.8 Å². The number of halogens is 1. The lowest BCUT2D eigenvalue weighted by Gasteiger charge is -2.01. The van der Waals surface area contributed by atoms with Crippen LogP contribution in [-0.2, 0) is 0 Å². The third-order valence-electron chi connectivity index (χ3n) is 2.57. The van der Waals surface area contributed by atoms with Gasteiger partial charge in [-0.05, 0) is 6.92 Å². The number of hydrogen-bond acceptors (Lipinski definition) is 5. The molecule has 2 heterocycles. The summed E-state index contributed by atoms with van der Waals surface area (Å²) in [5.74, 6) is 0.301. The zero-order valence-electron chi connectivity index (χ0n) is 10.7. The van der Waals surface area contributed by atoms with Crippen molar-refractivity contribution in [3.63, 3.8) is 0 Å². The molecule has 2 rings (SSSR count). The van der Waals surface area contributed by atoms with Crippen molar-refractivity contribution in [1.82, 2.24) is 19.7 Å². The number of rotatable bonds is 3. The van der Waals surface area contributed by atoms with Gasteiger partial charge in [-0.15, -0.1) is 0 Å². The maximum absolute atomic E-state index is 11.1. The summed E-state index contributed by atoms with van der Waals surface area (Å²) >= 11 is 6.05. The minimum atomic E-state index is -0.519. The largest absolute Gasteiger partial charge is 0.329 e. The first-order valence-electron chi connectivity index (χ1n) is 5.63. The molecule has 0 aromatic carbocycles. The zero-order chi connectivity index (χ0) is 14.2. The molecule has 7 nitrogen and oxygen atoms in total. The van der Waals surface area contributed by atoms with Crippen LogP contribution >= 0.6 is 11.6 Å². The molecule has 19 heavy (non-hydrogen) atoms. The van der Waals surface area contributed by atoms with Gasteiger partial charge in [-0.1, -0.05) is 25.4 Å². The maximum atomic E-state index is 11.1. The van der Waals surface area contributed by atoms with Crippen LogP contribution in [0.3, 0.4) is 0 Å². The Kier molecular flexibility index (Phi) is 3.48. The lowest BCUT2D eigenvalue weighted by Crippen LogP contribution is -2.02. The van der Waals surface area contributed by atoms with Crippen molar-refractivity contribution in [2.24, 2.45) is 0 Å². The topological polar surface area (TPSA) is 86.7 Å². The fraction of sp³-hybridized carbons (Fsp3) is 0.364. The number of nitrogens with zero attached hydrogens (tertiary/aromatic N) is 5. The zero-order valence-corrected chi connectivity index (χ0v) is 11.4. The molecule has 0 saturated carbocycles. The van der Waals surface area contributed by atoms with Gasteiger partial charge in [-0.2, -0.15) is 9.78 Å². The number of hydrogen-bond donors (Lipinski definition) is 0. The van der Waals surface area contributed by atoms with Gasteiger partial charge in [0.15, 0.2) is 5.82 Å². The van der Waals surface area contributed by atoms with Gasteiger partial charge >= 0.3 is 5.69 Å². The van der Waals surface area contributed by atoms with Gasteiger partial charge in [-0.3, -0.25) is 10.1 Å². The number of aryl methyl sites for hydroxylation is 1. The van der Waals surface area contributed by atoms with Gasteiger partial charge in [-0.25, -0.2) is 9.97 Å². The smallest absolute Gasteiger partial charge is 0.258 e. The molecular weight excluding hydrogens is 270 g/mol. The Morgan fingerprint density at radius 3 is 2.58 bits per heavy atom. The van der Waals surface area contributed by atoms with Crippen molar-refractivity contribution < 1.29 is 4.92 Å². The van der Waals surface area contributed by atoms with Crippen LogP contribution in [-0.4, -0.2) is 24.7 Å². The summed E-state index contributed by atoms with van der Waals surface area (Å²) in [6.07, 6.45) is 1.36. The minimum absolute atomic E-state index is 0.0493. The van der Waals surface area contributed by atoms with E-state index in [-0.39, 0.29) is 16.8 Å². The lowest BCUT2D eigenvalue weighted by atomic mass is 10.1. The van der Waals surface area contributed by atoms with Gasteiger partial charge in [0.2, 0.25) is 5.15 Å². The molecule has 100 valence electrons. The van der Waals surface area contributed by atoms with Crippen LogP contribution < -0.4 is 0 Å². The first-order valence-corrected chi connectivity index (χ1v) is 6.01. The van der Waals surface area contributed by atoms with Gasteiger partial charge in [0.1, 0.15) is 12.0 Å². The Labute approximate surface area is 114 Å². The first-order chi connectivity index (χ1) is 8.91. The molecule has 0 bridgehead atoms. The van der Waals surface area contributed by atoms with Crippen LogP contribution in [0.25, 0.3) is 5.82 Å². The average Bonchev–Trinajstić information content (AvgIpc) is 2.67. The molecule has 0 fully saturated rings. The molecule has 0 unspecified atom stereocenters. The second-order valence-corrected chi connectivity index (χ2v) is 4.72. The molecular formula is C11H12ClN5O2. The van der Waals surface area contributed by atoms with E-state index in [0.29, 0.717) is 11.5 Å². The van der Waals surface area contributed by atoms with Gasteiger partial charge in [0.25, 0.3) is 0 Å². The molecule has 0 spiro atoms. The Balaban J connectivity index is 2.66. The van der Waals surface area contributed by atoms with Crippen LogP contribution in [0.2, 0.25) is 5.15 Å². The summed E-state index contributed by atoms with van der Waals surface area (Å²) < 4.78 is 1.27. The van der Waals surface area contributed by atoms with Crippen LogP contribution in [0.5, 0.6) is 0 Å².